The van der Waals surface area contributed by atoms with Gasteiger partial charge in [0.1, 0.15) is 11.5 Å². The first kappa shape index (κ1) is 17.7. The average molecular weight is 355 g/mol. The topological polar surface area (TPSA) is 91.6 Å². The van der Waals surface area contributed by atoms with E-state index in [1.165, 1.54) is 6.07 Å². The molecule has 0 aliphatic carbocycles. The Morgan fingerprint density at radius 3 is 2.54 bits per heavy atom. The molecular weight excluding hydrogens is 334 g/mol. The fraction of sp³-hybridized carbons (Fsp3) is 0.333. The highest BCUT2D eigenvalue weighted by Gasteiger charge is 2.21. The van der Waals surface area contributed by atoms with Crippen LogP contribution in [0.4, 0.5) is 17.2 Å². The number of aromatic nitrogens is 1. The highest BCUT2D eigenvalue weighted by Crippen LogP contribution is 2.23. The number of rotatable bonds is 6. The molecule has 8 nitrogen and oxygen atoms in total. The van der Waals surface area contributed by atoms with Crippen LogP contribution in [-0.4, -0.2) is 53.4 Å². The lowest BCUT2D eigenvalue weighted by Crippen LogP contribution is -2.49. The molecule has 0 spiro atoms. The van der Waals surface area contributed by atoms with Crippen LogP contribution in [0.15, 0.2) is 48.7 Å². The van der Waals surface area contributed by atoms with Crippen LogP contribution in [-0.2, 0) is 4.79 Å². The first-order valence-corrected chi connectivity index (χ1v) is 8.56. The second kappa shape index (κ2) is 8.28. The van der Waals surface area contributed by atoms with Crippen molar-refractivity contribution >= 4 is 23.1 Å². The van der Waals surface area contributed by atoms with Gasteiger partial charge < -0.3 is 15.1 Å². The summed E-state index contributed by atoms with van der Waals surface area (Å²) in [5, 5.41) is 14.0. The largest absolute Gasteiger partial charge is 0.379 e. The number of hydrogen-bond donors (Lipinski definition) is 1. The molecule has 1 saturated heterocycles. The fourth-order valence-electron chi connectivity index (χ4n) is 2.97. The number of benzene rings is 1. The number of nitro groups is 1. The molecule has 136 valence electrons. The molecule has 0 saturated carbocycles. The van der Waals surface area contributed by atoms with E-state index in [1.807, 2.05) is 23.1 Å². The summed E-state index contributed by atoms with van der Waals surface area (Å²) in [6.45, 7) is 3.17. The number of piperazine rings is 1. The van der Waals surface area contributed by atoms with Gasteiger partial charge in [-0.2, -0.15) is 0 Å². The summed E-state index contributed by atoms with van der Waals surface area (Å²) in [5.74, 6) is 0.981. The summed E-state index contributed by atoms with van der Waals surface area (Å²) >= 11 is 0. The Balaban J connectivity index is 1.46. The zero-order valence-corrected chi connectivity index (χ0v) is 14.4. The number of anilines is 2. The lowest BCUT2D eigenvalue weighted by Gasteiger charge is -2.35. The Hall–Kier alpha value is -3.16. The van der Waals surface area contributed by atoms with E-state index in [0.29, 0.717) is 31.7 Å². The van der Waals surface area contributed by atoms with Gasteiger partial charge in [0.2, 0.25) is 5.91 Å². The summed E-state index contributed by atoms with van der Waals surface area (Å²) < 4.78 is 0. The Bertz CT molecular complexity index is 760. The van der Waals surface area contributed by atoms with E-state index in [2.05, 4.69) is 15.2 Å². The number of pyridine rings is 1. The fourth-order valence-corrected chi connectivity index (χ4v) is 2.97. The van der Waals surface area contributed by atoms with E-state index >= 15 is 0 Å². The van der Waals surface area contributed by atoms with Crippen molar-refractivity contribution < 1.29 is 9.72 Å². The number of carbonyl (C=O) groups is 1. The van der Waals surface area contributed by atoms with Crippen molar-refractivity contribution in [1.29, 1.82) is 0 Å². The number of para-hydroxylation sites is 2. The van der Waals surface area contributed by atoms with Gasteiger partial charge in [0.15, 0.2) is 0 Å². The monoisotopic (exact) mass is 355 g/mol. The van der Waals surface area contributed by atoms with Crippen molar-refractivity contribution in [3.63, 3.8) is 0 Å². The maximum absolute atomic E-state index is 12.4. The second-order valence-electron chi connectivity index (χ2n) is 6.01. The number of carbonyl (C=O) groups excluding carboxylic acids is 1. The number of amides is 1. The third kappa shape index (κ3) is 4.27. The summed E-state index contributed by atoms with van der Waals surface area (Å²) in [7, 11) is 0. The SMILES string of the molecule is O=C(CCNc1ccccc1[N+](=O)[O-])N1CCN(c2ccccn2)CC1. The van der Waals surface area contributed by atoms with Crippen LogP contribution in [0.2, 0.25) is 0 Å². The normalized spacial score (nSPS) is 14.2. The van der Waals surface area contributed by atoms with Gasteiger partial charge in [-0.3, -0.25) is 14.9 Å². The van der Waals surface area contributed by atoms with E-state index < -0.39 is 4.92 Å². The van der Waals surface area contributed by atoms with Crippen LogP contribution < -0.4 is 10.2 Å². The molecule has 2 heterocycles. The van der Waals surface area contributed by atoms with Crippen LogP contribution >= 0.6 is 0 Å². The molecule has 1 aliphatic rings. The summed E-state index contributed by atoms with van der Waals surface area (Å²) in [6.07, 6.45) is 2.07. The van der Waals surface area contributed by atoms with E-state index in [0.717, 1.165) is 18.9 Å². The summed E-state index contributed by atoms with van der Waals surface area (Å²) in [6, 6.07) is 12.2. The van der Waals surface area contributed by atoms with Crippen molar-refractivity contribution in [2.24, 2.45) is 0 Å². The highest BCUT2D eigenvalue weighted by atomic mass is 16.6. The summed E-state index contributed by atoms with van der Waals surface area (Å²) in [4.78, 5) is 31.3. The molecule has 2 aromatic rings. The Labute approximate surface area is 151 Å². The molecule has 0 unspecified atom stereocenters. The highest BCUT2D eigenvalue weighted by molar-refractivity contribution is 5.77. The minimum absolute atomic E-state index is 0.0175. The van der Waals surface area contributed by atoms with Gasteiger partial charge in [-0.1, -0.05) is 18.2 Å². The molecule has 1 aromatic heterocycles. The molecule has 0 bridgehead atoms. The Kier molecular flexibility index (Phi) is 5.62. The molecule has 1 fully saturated rings. The summed E-state index contributed by atoms with van der Waals surface area (Å²) in [5.41, 5.74) is 0.453. The van der Waals surface area contributed by atoms with Gasteiger partial charge in [-0.05, 0) is 18.2 Å². The van der Waals surface area contributed by atoms with Crippen molar-refractivity contribution in [3.8, 4) is 0 Å². The number of nitro benzene ring substituents is 1. The molecule has 3 rings (SSSR count). The molecule has 1 N–H and O–H groups in total. The van der Waals surface area contributed by atoms with Crippen molar-refractivity contribution in [1.82, 2.24) is 9.88 Å². The van der Waals surface area contributed by atoms with Gasteiger partial charge >= 0.3 is 0 Å². The predicted molar refractivity (Wildman–Crippen MR) is 99.2 cm³/mol. The molecule has 1 amide bonds. The Morgan fingerprint density at radius 1 is 1.12 bits per heavy atom. The van der Waals surface area contributed by atoms with Crippen LogP contribution in [0.3, 0.4) is 0 Å². The van der Waals surface area contributed by atoms with Crippen LogP contribution in [0.5, 0.6) is 0 Å². The maximum Gasteiger partial charge on any atom is 0.292 e. The quantitative estimate of drug-likeness (QED) is 0.630. The standard InChI is InChI=1S/C18H21N5O3/c24-18(8-10-19-15-5-1-2-6-16(15)23(25)26)22-13-11-21(12-14-22)17-7-3-4-9-20-17/h1-7,9,19H,8,10-14H2. The molecule has 26 heavy (non-hydrogen) atoms. The zero-order chi connectivity index (χ0) is 18.4. The van der Waals surface area contributed by atoms with Crippen molar-refractivity contribution in [2.45, 2.75) is 6.42 Å². The molecule has 1 aliphatic heterocycles. The predicted octanol–water partition coefficient (Wildman–Crippen LogP) is 2.14. The van der Waals surface area contributed by atoms with E-state index in [-0.39, 0.29) is 11.6 Å². The van der Waals surface area contributed by atoms with Crippen LogP contribution in [0.1, 0.15) is 6.42 Å². The molecule has 1 aromatic carbocycles. The molecule has 8 heteroatoms. The van der Waals surface area contributed by atoms with Gasteiger partial charge in [0.05, 0.1) is 4.92 Å². The number of hydrogen-bond acceptors (Lipinski definition) is 6. The zero-order valence-electron chi connectivity index (χ0n) is 14.4. The molecular formula is C18H21N5O3. The van der Waals surface area contributed by atoms with Gasteiger partial charge in [-0.25, -0.2) is 4.98 Å². The third-order valence-corrected chi connectivity index (χ3v) is 4.36. The third-order valence-electron chi connectivity index (χ3n) is 4.36. The lowest BCUT2D eigenvalue weighted by molar-refractivity contribution is -0.384. The van der Waals surface area contributed by atoms with Crippen molar-refractivity contribution in [3.05, 3.63) is 58.8 Å². The number of nitrogens with one attached hydrogen (secondary N) is 1. The van der Waals surface area contributed by atoms with Gasteiger partial charge in [0.25, 0.3) is 5.69 Å². The minimum Gasteiger partial charge on any atom is -0.379 e. The Morgan fingerprint density at radius 2 is 1.85 bits per heavy atom. The van der Waals surface area contributed by atoms with E-state index in [4.69, 9.17) is 0 Å². The van der Waals surface area contributed by atoms with Crippen LogP contribution in [0, 0.1) is 10.1 Å². The number of nitrogens with zero attached hydrogens (tertiary/aromatic N) is 4. The lowest BCUT2D eigenvalue weighted by atomic mass is 10.2. The van der Waals surface area contributed by atoms with Crippen molar-refractivity contribution in [2.75, 3.05) is 42.9 Å². The first-order chi connectivity index (χ1) is 12.6. The first-order valence-electron chi connectivity index (χ1n) is 8.56. The molecule has 0 atom stereocenters. The molecule has 0 radical (unpaired) electrons. The van der Waals surface area contributed by atoms with Gasteiger partial charge in [-0.15, -0.1) is 0 Å². The van der Waals surface area contributed by atoms with Gasteiger partial charge in [0, 0.05) is 51.4 Å². The maximum atomic E-state index is 12.4. The van der Waals surface area contributed by atoms with E-state index in [1.54, 1.807) is 24.4 Å². The average Bonchev–Trinajstić information content (AvgIpc) is 2.69. The van der Waals surface area contributed by atoms with Crippen LogP contribution in [0.25, 0.3) is 0 Å². The second-order valence-corrected chi connectivity index (χ2v) is 6.01. The smallest absolute Gasteiger partial charge is 0.292 e. The van der Waals surface area contributed by atoms with E-state index in [9.17, 15) is 14.9 Å². The minimum atomic E-state index is -0.430.